The third-order valence-electron chi connectivity index (χ3n) is 2.67. The molecule has 0 radical (unpaired) electrons. The van der Waals surface area contributed by atoms with Gasteiger partial charge in [-0.15, -0.1) is 5.10 Å². The molecule has 0 bridgehead atoms. The molecule has 17 heavy (non-hydrogen) atoms. The fraction of sp³-hybridized carbons (Fsp3) is 0.417. The van der Waals surface area contributed by atoms with Gasteiger partial charge in [0.2, 0.25) is 0 Å². The van der Waals surface area contributed by atoms with Crippen molar-refractivity contribution in [3.8, 4) is 5.69 Å². The first-order valence-corrected chi connectivity index (χ1v) is 5.93. The topological polar surface area (TPSA) is 55.6 Å². The van der Waals surface area contributed by atoms with Gasteiger partial charge in [-0.05, 0) is 35.0 Å². The van der Waals surface area contributed by atoms with Gasteiger partial charge in [0.15, 0.2) is 5.82 Å². The van der Waals surface area contributed by atoms with E-state index in [0.717, 1.165) is 24.5 Å². The number of hydrogen-bond donors (Lipinski definition) is 1. The predicted molar refractivity (Wildman–Crippen MR) is 65.9 cm³/mol. The van der Waals surface area contributed by atoms with E-state index in [-0.39, 0.29) is 0 Å². The molecule has 0 aliphatic carbocycles. The van der Waals surface area contributed by atoms with E-state index in [0.29, 0.717) is 6.54 Å². The lowest BCUT2D eigenvalue weighted by Gasteiger charge is -2.09. The average molecular weight is 231 g/mol. The first kappa shape index (κ1) is 11.7. The van der Waals surface area contributed by atoms with Gasteiger partial charge in [0.1, 0.15) is 0 Å². The van der Waals surface area contributed by atoms with E-state index in [9.17, 15) is 0 Å². The van der Waals surface area contributed by atoms with Crippen molar-refractivity contribution in [2.75, 3.05) is 6.54 Å². The number of rotatable bonds is 5. The van der Waals surface area contributed by atoms with Crippen LogP contribution in [0.3, 0.4) is 0 Å². The van der Waals surface area contributed by atoms with Crippen molar-refractivity contribution in [1.29, 1.82) is 0 Å². The number of para-hydroxylation sites is 1. The standard InChI is InChI=1S/C12H17N5/c1-3-10-7-5-6-8-11(10)17-12(9-13-4-2)14-15-16-17/h5-8,13H,3-4,9H2,1-2H3. The lowest BCUT2D eigenvalue weighted by molar-refractivity contribution is 0.662. The highest BCUT2D eigenvalue weighted by atomic mass is 15.5. The lowest BCUT2D eigenvalue weighted by atomic mass is 10.1. The van der Waals surface area contributed by atoms with Crippen LogP contribution in [0.15, 0.2) is 24.3 Å². The molecule has 0 atom stereocenters. The quantitative estimate of drug-likeness (QED) is 0.843. The lowest BCUT2D eigenvalue weighted by Crippen LogP contribution is -2.16. The van der Waals surface area contributed by atoms with Gasteiger partial charge in [-0.25, -0.2) is 0 Å². The second-order valence-corrected chi connectivity index (χ2v) is 3.77. The maximum absolute atomic E-state index is 4.06. The van der Waals surface area contributed by atoms with E-state index < -0.39 is 0 Å². The van der Waals surface area contributed by atoms with Crippen molar-refractivity contribution in [3.63, 3.8) is 0 Å². The van der Waals surface area contributed by atoms with Crippen molar-refractivity contribution in [2.24, 2.45) is 0 Å². The highest BCUT2D eigenvalue weighted by Crippen LogP contribution is 2.14. The Bertz CT molecular complexity index is 477. The number of benzene rings is 1. The monoisotopic (exact) mass is 231 g/mol. The highest BCUT2D eigenvalue weighted by molar-refractivity contribution is 5.40. The fourth-order valence-electron chi connectivity index (χ4n) is 1.76. The number of aryl methyl sites for hydroxylation is 1. The zero-order valence-electron chi connectivity index (χ0n) is 10.2. The van der Waals surface area contributed by atoms with Crippen LogP contribution in [0, 0.1) is 0 Å². The minimum atomic E-state index is 0.682. The van der Waals surface area contributed by atoms with Gasteiger partial charge in [0, 0.05) is 0 Å². The molecule has 0 aliphatic rings. The summed E-state index contributed by atoms with van der Waals surface area (Å²) in [6.45, 7) is 5.78. The van der Waals surface area contributed by atoms with Gasteiger partial charge >= 0.3 is 0 Å². The molecular formula is C12H17N5. The summed E-state index contributed by atoms with van der Waals surface area (Å²) < 4.78 is 1.81. The van der Waals surface area contributed by atoms with Gasteiger partial charge in [-0.3, -0.25) is 0 Å². The smallest absolute Gasteiger partial charge is 0.170 e. The van der Waals surface area contributed by atoms with Crippen LogP contribution in [-0.4, -0.2) is 26.8 Å². The summed E-state index contributed by atoms with van der Waals surface area (Å²) in [6, 6.07) is 8.20. The molecule has 0 spiro atoms. The van der Waals surface area contributed by atoms with Crippen LogP contribution in [0.5, 0.6) is 0 Å². The molecule has 1 heterocycles. The molecule has 0 saturated carbocycles. The fourth-order valence-corrected chi connectivity index (χ4v) is 1.76. The Morgan fingerprint density at radius 2 is 2.06 bits per heavy atom. The minimum Gasteiger partial charge on any atom is -0.310 e. The molecule has 2 aromatic rings. The molecule has 0 fully saturated rings. The van der Waals surface area contributed by atoms with Crippen LogP contribution in [0.25, 0.3) is 5.69 Å². The van der Waals surface area contributed by atoms with Crippen LogP contribution < -0.4 is 5.32 Å². The SMILES string of the molecule is CCNCc1nnnn1-c1ccccc1CC. The summed E-state index contributed by atoms with van der Waals surface area (Å²) in [5.74, 6) is 0.841. The van der Waals surface area contributed by atoms with Gasteiger partial charge in [0.05, 0.1) is 12.2 Å². The van der Waals surface area contributed by atoms with Gasteiger partial charge in [0.25, 0.3) is 0 Å². The summed E-state index contributed by atoms with van der Waals surface area (Å²) in [6.07, 6.45) is 0.969. The maximum Gasteiger partial charge on any atom is 0.170 e. The molecule has 0 aliphatic heterocycles. The molecule has 1 aromatic carbocycles. The van der Waals surface area contributed by atoms with E-state index in [4.69, 9.17) is 0 Å². The van der Waals surface area contributed by atoms with Crippen molar-refractivity contribution in [1.82, 2.24) is 25.5 Å². The Kier molecular flexibility index (Phi) is 3.82. The number of aromatic nitrogens is 4. The first-order chi connectivity index (χ1) is 8.36. The van der Waals surface area contributed by atoms with Crippen molar-refractivity contribution < 1.29 is 0 Å². The Balaban J connectivity index is 2.35. The van der Waals surface area contributed by atoms with Crippen molar-refractivity contribution >= 4 is 0 Å². The molecular weight excluding hydrogens is 214 g/mol. The number of nitrogens with one attached hydrogen (secondary N) is 1. The largest absolute Gasteiger partial charge is 0.310 e. The van der Waals surface area contributed by atoms with Gasteiger partial charge in [-0.2, -0.15) is 4.68 Å². The van der Waals surface area contributed by atoms with E-state index in [1.165, 1.54) is 5.56 Å². The molecule has 1 aromatic heterocycles. The Morgan fingerprint density at radius 1 is 1.24 bits per heavy atom. The van der Waals surface area contributed by atoms with Crippen LogP contribution in [0.2, 0.25) is 0 Å². The van der Waals surface area contributed by atoms with Crippen LogP contribution in [0.1, 0.15) is 25.2 Å². The first-order valence-electron chi connectivity index (χ1n) is 5.93. The summed E-state index contributed by atoms with van der Waals surface area (Å²) in [5.41, 5.74) is 2.31. The van der Waals surface area contributed by atoms with Crippen LogP contribution >= 0.6 is 0 Å². The molecule has 0 amide bonds. The Morgan fingerprint density at radius 3 is 2.82 bits per heavy atom. The number of hydrogen-bond acceptors (Lipinski definition) is 4. The summed E-state index contributed by atoms with van der Waals surface area (Å²) in [5, 5.41) is 15.1. The third kappa shape index (κ3) is 2.50. The second-order valence-electron chi connectivity index (χ2n) is 3.77. The molecule has 0 saturated heterocycles. The Hall–Kier alpha value is -1.75. The van der Waals surface area contributed by atoms with Crippen molar-refractivity contribution in [2.45, 2.75) is 26.8 Å². The van der Waals surface area contributed by atoms with E-state index >= 15 is 0 Å². The van der Waals surface area contributed by atoms with Crippen LogP contribution in [-0.2, 0) is 13.0 Å². The molecule has 5 heteroatoms. The second kappa shape index (κ2) is 5.54. The molecule has 2 rings (SSSR count). The molecule has 1 N–H and O–H groups in total. The number of nitrogens with zero attached hydrogens (tertiary/aromatic N) is 4. The summed E-state index contributed by atoms with van der Waals surface area (Å²) in [7, 11) is 0. The maximum atomic E-state index is 4.06. The Labute approximate surface area is 101 Å². The average Bonchev–Trinajstić information content (AvgIpc) is 2.84. The zero-order chi connectivity index (χ0) is 12.1. The van der Waals surface area contributed by atoms with Gasteiger partial charge in [-0.1, -0.05) is 32.0 Å². The third-order valence-corrected chi connectivity index (χ3v) is 2.67. The zero-order valence-corrected chi connectivity index (χ0v) is 10.2. The van der Waals surface area contributed by atoms with Crippen LogP contribution in [0.4, 0.5) is 0 Å². The highest BCUT2D eigenvalue weighted by Gasteiger charge is 2.09. The predicted octanol–water partition coefficient (Wildman–Crippen LogP) is 1.33. The van der Waals surface area contributed by atoms with Crippen molar-refractivity contribution in [3.05, 3.63) is 35.7 Å². The number of tetrazole rings is 1. The van der Waals surface area contributed by atoms with E-state index in [2.05, 4.69) is 40.8 Å². The molecule has 90 valence electrons. The van der Waals surface area contributed by atoms with E-state index in [1.807, 2.05) is 22.9 Å². The normalized spacial score (nSPS) is 10.7. The summed E-state index contributed by atoms with van der Waals surface area (Å²) >= 11 is 0. The minimum absolute atomic E-state index is 0.682. The molecule has 5 nitrogen and oxygen atoms in total. The molecule has 0 unspecified atom stereocenters. The van der Waals surface area contributed by atoms with E-state index in [1.54, 1.807) is 0 Å². The summed E-state index contributed by atoms with van der Waals surface area (Å²) in [4.78, 5) is 0. The van der Waals surface area contributed by atoms with Gasteiger partial charge < -0.3 is 5.32 Å².